The summed E-state index contributed by atoms with van der Waals surface area (Å²) in [5.41, 5.74) is 15.3. The first-order chi connectivity index (χ1) is 19.2. The molecule has 216 valence electrons. The number of hydrogen-bond donors (Lipinski definition) is 5. The monoisotopic (exact) mass is 597 g/mol. The molecule has 0 radical (unpaired) electrons. The number of nitrogens with zero attached hydrogens (tertiary/aromatic N) is 7. The summed E-state index contributed by atoms with van der Waals surface area (Å²) in [7, 11) is -4.51. The topological polar surface area (TPSA) is 261 Å². The molecule has 2 aromatic rings. The van der Waals surface area contributed by atoms with E-state index in [1.165, 1.54) is 17.2 Å². The summed E-state index contributed by atoms with van der Waals surface area (Å²) in [4.78, 5) is 38.5. The van der Waals surface area contributed by atoms with Gasteiger partial charge in [-0.25, -0.2) is 24.5 Å². The lowest BCUT2D eigenvalue weighted by atomic mass is 10.0. The number of nitrogen functional groups attached to an aromatic ring is 1. The fourth-order valence-corrected chi connectivity index (χ4v) is 7.29. The number of hydrogen-bond acceptors (Lipinski definition) is 13. The van der Waals surface area contributed by atoms with Gasteiger partial charge in [-0.15, -0.1) is 0 Å². The highest BCUT2D eigenvalue weighted by Crippen LogP contribution is 2.35. The van der Waals surface area contributed by atoms with Gasteiger partial charge in [0, 0.05) is 22.3 Å². The Morgan fingerprint density at radius 3 is 3.00 bits per heavy atom. The van der Waals surface area contributed by atoms with Crippen LogP contribution >= 0.6 is 11.8 Å². The van der Waals surface area contributed by atoms with Crippen molar-refractivity contribution in [3.05, 3.63) is 23.1 Å². The largest absolute Gasteiger partial charge is 0.390 e. The van der Waals surface area contributed by atoms with Crippen LogP contribution in [0.1, 0.15) is 31.9 Å². The zero-order valence-corrected chi connectivity index (χ0v) is 22.5. The first-order valence-corrected chi connectivity index (χ1v) is 14.8. The molecule has 0 unspecified atom stereocenters. The number of aromatic nitrogens is 4. The molecule has 3 fully saturated rings. The molecule has 20 heteroatoms. The molecule has 3 aliphatic rings. The lowest BCUT2D eigenvalue weighted by Crippen LogP contribution is -2.37. The number of anilines is 1. The number of imidazole rings is 1. The van der Waals surface area contributed by atoms with Crippen LogP contribution in [0.3, 0.4) is 0 Å². The number of aliphatic hydroxyl groups excluding tert-OH is 1. The van der Waals surface area contributed by atoms with Crippen LogP contribution in [0.5, 0.6) is 0 Å². The molecule has 3 aliphatic heterocycles. The van der Waals surface area contributed by atoms with Gasteiger partial charge in [-0.3, -0.25) is 13.5 Å². The van der Waals surface area contributed by atoms with Crippen molar-refractivity contribution in [2.45, 2.75) is 67.5 Å². The number of carbonyl (C=O) groups is 2. The summed E-state index contributed by atoms with van der Waals surface area (Å²) in [6, 6.07) is -1.17. The average Bonchev–Trinajstić information content (AvgIpc) is 3.65. The Bertz CT molecular complexity index is 1430. The highest BCUT2D eigenvalue weighted by Gasteiger charge is 2.46. The first-order valence-electron chi connectivity index (χ1n) is 12.4. The molecular formula is C20H27N11O7S2. The van der Waals surface area contributed by atoms with Crippen molar-refractivity contribution in [3.8, 4) is 0 Å². The zero-order chi connectivity index (χ0) is 28.4. The summed E-state index contributed by atoms with van der Waals surface area (Å²) >= 11 is 1.76. The molecule has 0 aromatic carbocycles. The minimum Gasteiger partial charge on any atom is -0.390 e. The van der Waals surface area contributed by atoms with Gasteiger partial charge in [0.2, 0.25) is 5.91 Å². The number of ether oxygens (including phenoxy) is 1. The maximum atomic E-state index is 12.4. The second-order valence-electron chi connectivity index (χ2n) is 9.47. The van der Waals surface area contributed by atoms with Crippen molar-refractivity contribution >= 4 is 51.0 Å². The number of carbonyl (C=O) groups excluding carboxylic acids is 2. The Hall–Kier alpha value is -3.42. The summed E-state index contributed by atoms with van der Waals surface area (Å²) in [6.07, 6.45) is 0.600. The molecule has 2 aromatic heterocycles. The lowest BCUT2D eigenvalue weighted by molar-refractivity contribution is -0.119. The number of amides is 3. The lowest BCUT2D eigenvalue weighted by Gasteiger charge is -2.17. The predicted molar refractivity (Wildman–Crippen MR) is 140 cm³/mol. The van der Waals surface area contributed by atoms with Gasteiger partial charge >= 0.3 is 16.3 Å². The van der Waals surface area contributed by atoms with E-state index in [1.54, 1.807) is 11.8 Å². The Labute approximate surface area is 231 Å². The second-order valence-corrected chi connectivity index (χ2v) is 12.1. The molecule has 18 nitrogen and oxygen atoms in total. The zero-order valence-electron chi connectivity index (χ0n) is 20.9. The number of fused-ring (bicyclic) bond motifs is 2. The summed E-state index contributed by atoms with van der Waals surface area (Å²) in [5, 5.41) is 20.3. The number of azide groups is 1. The molecule has 3 amide bonds. The second kappa shape index (κ2) is 11.6. The van der Waals surface area contributed by atoms with Gasteiger partial charge in [-0.1, -0.05) is 11.5 Å². The van der Waals surface area contributed by atoms with E-state index in [0.717, 1.165) is 12.2 Å². The minimum absolute atomic E-state index is 0.0407. The van der Waals surface area contributed by atoms with Gasteiger partial charge in [0.05, 0.1) is 31.1 Å². The molecule has 7 atom stereocenters. The third-order valence-corrected chi connectivity index (χ3v) is 9.32. The van der Waals surface area contributed by atoms with E-state index in [9.17, 15) is 23.1 Å². The SMILES string of the molecule is [N-]=[N+]=N[C@H]1[C@H](O)[C@@H](COS(=O)(=O)NC(=O)CCCC[C@@H]2SC[C@@H]3NC(=O)N[C@@H]32)O[C@H]1n1cnc2c(N)ncnc21. The van der Waals surface area contributed by atoms with Crippen molar-refractivity contribution in [2.75, 3.05) is 18.1 Å². The van der Waals surface area contributed by atoms with E-state index in [4.69, 9.17) is 20.2 Å². The number of nitrogens with one attached hydrogen (secondary N) is 3. The van der Waals surface area contributed by atoms with Crippen LogP contribution < -0.4 is 21.1 Å². The van der Waals surface area contributed by atoms with Crippen LogP contribution in [0, 0.1) is 0 Å². The van der Waals surface area contributed by atoms with Crippen LogP contribution in [0.25, 0.3) is 21.6 Å². The molecule has 40 heavy (non-hydrogen) atoms. The molecule has 3 saturated heterocycles. The fraction of sp³-hybridized carbons (Fsp3) is 0.650. The van der Waals surface area contributed by atoms with Gasteiger partial charge < -0.3 is 26.2 Å². The van der Waals surface area contributed by atoms with Gasteiger partial charge in [-0.2, -0.15) is 20.2 Å². The third-order valence-electron chi connectivity index (χ3n) is 6.89. The van der Waals surface area contributed by atoms with Crippen molar-refractivity contribution in [1.29, 1.82) is 0 Å². The molecule has 5 rings (SSSR count). The van der Waals surface area contributed by atoms with Gasteiger partial charge in [0.1, 0.15) is 30.2 Å². The Morgan fingerprint density at radius 2 is 2.20 bits per heavy atom. The molecule has 0 bridgehead atoms. The first kappa shape index (κ1) is 28.1. The minimum atomic E-state index is -4.51. The third kappa shape index (κ3) is 5.86. The number of rotatable bonds is 11. The summed E-state index contributed by atoms with van der Waals surface area (Å²) in [5.74, 6) is 0.193. The van der Waals surface area contributed by atoms with Crippen LogP contribution in [0.15, 0.2) is 17.8 Å². The highest BCUT2D eigenvalue weighted by atomic mass is 32.2. The number of unbranched alkanes of at least 4 members (excludes halogenated alkanes) is 1. The smallest absolute Gasteiger partial charge is 0.362 e. The molecule has 0 aliphatic carbocycles. The van der Waals surface area contributed by atoms with Crippen LogP contribution in [-0.2, 0) is 24.0 Å². The van der Waals surface area contributed by atoms with E-state index < -0.39 is 47.3 Å². The van der Waals surface area contributed by atoms with Crippen LogP contribution in [0.2, 0.25) is 0 Å². The molecule has 0 spiro atoms. The number of nitrogens with two attached hydrogens (primary N) is 1. The van der Waals surface area contributed by atoms with Crippen molar-refractivity contribution in [3.63, 3.8) is 0 Å². The van der Waals surface area contributed by atoms with Gasteiger partial charge in [-0.05, 0) is 18.4 Å². The van der Waals surface area contributed by atoms with E-state index in [2.05, 4.69) is 35.6 Å². The molecule has 5 heterocycles. The van der Waals surface area contributed by atoms with Crippen molar-refractivity contribution in [1.82, 2.24) is 34.9 Å². The Morgan fingerprint density at radius 1 is 1.38 bits per heavy atom. The number of aliphatic hydroxyl groups is 1. The van der Waals surface area contributed by atoms with Crippen molar-refractivity contribution in [2.24, 2.45) is 5.11 Å². The Balaban J connectivity index is 1.11. The molecule has 6 N–H and O–H groups in total. The predicted octanol–water partition coefficient (Wildman–Crippen LogP) is -0.551. The highest BCUT2D eigenvalue weighted by molar-refractivity contribution is 8.00. The maximum absolute atomic E-state index is 12.4. The maximum Gasteiger partial charge on any atom is 0.362 e. The van der Waals surface area contributed by atoms with Crippen LogP contribution in [-0.4, -0.2) is 92.9 Å². The average molecular weight is 598 g/mol. The van der Waals surface area contributed by atoms with Crippen molar-refractivity contribution < 1.29 is 32.0 Å². The number of thioether (sulfide) groups is 1. The van der Waals surface area contributed by atoms with Crippen LogP contribution in [0.4, 0.5) is 10.6 Å². The fourth-order valence-electron chi connectivity index (χ4n) is 4.99. The normalized spacial score (nSPS) is 29.5. The summed E-state index contributed by atoms with van der Waals surface area (Å²) in [6.45, 7) is -0.664. The van der Waals surface area contributed by atoms with E-state index in [1.807, 2.05) is 4.72 Å². The van der Waals surface area contributed by atoms with E-state index >= 15 is 0 Å². The quantitative estimate of drug-likeness (QED) is 0.0718. The standard InChI is InChI=1S/C20H27N11O7S2/c21-17-15-18(24-7-23-17)31(8-25-15)19-14(28-30-22)16(33)10(38-19)5-37-40(35,36)29-12(32)4-2-1-3-11-13-9(6-39-11)26-20(34)27-13/h7-11,13-14,16,19,33H,1-6H2,(H,29,32)(H2,21,23,24)(H2,26,27,34)/t9-,10+,11-,13-,14-,16+,19+/m0/s1. The number of urea groups is 1. The molecule has 0 saturated carbocycles. The Kier molecular flexibility index (Phi) is 8.15. The van der Waals surface area contributed by atoms with Gasteiger partial charge in [0.15, 0.2) is 11.5 Å². The van der Waals surface area contributed by atoms with Gasteiger partial charge in [0.25, 0.3) is 0 Å². The van der Waals surface area contributed by atoms with E-state index in [0.29, 0.717) is 12.8 Å². The molecular weight excluding hydrogens is 570 g/mol. The van der Waals surface area contributed by atoms with E-state index in [-0.39, 0.29) is 46.8 Å². The summed E-state index contributed by atoms with van der Waals surface area (Å²) < 4.78 is 38.6.